The molecule has 156 valence electrons. The standard InChI is InChI=1S/C22H33N3O2.ClH/c1-17(18-10-12-23-13-11-18)16-21(26)24-20-8-6-19(7-9-20)22(27)25-14-4-2-3-5-15-25;/h6-9,17-18,23H,2-5,10-16H2,1H3,(H,24,26);1H. The molecule has 2 fully saturated rings. The van der Waals surface area contributed by atoms with E-state index in [0.29, 0.717) is 23.8 Å². The van der Waals surface area contributed by atoms with Crippen molar-refractivity contribution in [3.05, 3.63) is 29.8 Å². The first-order valence-electron chi connectivity index (χ1n) is 10.5. The second-order valence-electron chi connectivity index (χ2n) is 8.10. The van der Waals surface area contributed by atoms with E-state index < -0.39 is 0 Å². The van der Waals surface area contributed by atoms with E-state index in [2.05, 4.69) is 17.6 Å². The lowest BCUT2D eigenvalue weighted by Gasteiger charge is -2.27. The summed E-state index contributed by atoms with van der Waals surface area (Å²) >= 11 is 0. The molecule has 0 spiro atoms. The van der Waals surface area contributed by atoms with Crippen LogP contribution in [0.5, 0.6) is 0 Å². The number of anilines is 1. The van der Waals surface area contributed by atoms with E-state index in [9.17, 15) is 9.59 Å². The number of carbonyl (C=O) groups excluding carboxylic acids is 2. The van der Waals surface area contributed by atoms with Crippen molar-refractivity contribution < 1.29 is 9.59 Å². The fraction of sp³-hybridized carbons (Fsp3) is 0.636. The van der Waals surface area contributed by atoms with Gasteiger partial charge in [0.05, 0.1) is 0 Å². The molecule has 2 aliphatic heterocycles. The van der Waals surface area contributed by atoms with Crippen molar-refractivity contribution >= 4 is 29.9 Å². The van der Waals surface area contributed by atoms with Gasteiger partial charge >= 0.3 is 0 Å². The Hall–Kier alpha value is -1.59. The molecule has 2 aliphatic rings. The Morgan fingerprint density at radius 3 is 2.29 bits per heavy atom. The van der Waals surface area contributed by atoms with Crippen molar-refractivity contribution in [1.29, 1.82) is 0 Å². The number of hydrogen-bond acceptors (Lipinski definition) is 3. The molecule has 2 heterocycles. The monoisotopic (exact) mass is 407 g/mol. The lowest BCUT2D eigenvalue weighted by Crippen LogP contribution is -2.32. The summed E-state index contributed by atoms with van der Waals surface area (Å²) in [4.78, 5) is 27.0. The van der Waals surface area contributed by atoms with Crippen LogP contribution in [0.3, 0.4) is 0 Å². The third-order valence-electron chi connectivity index (χ3n) is 6.00. The molecule has 2 amide bonds. The number of amides is 2. The molecule has 5 nitrogen and oxygen atoms in total. The van der Waals surface area contributed by atoms with E-state index in [1.54, 1.807) is 0 Å². The molecule has 1 unspecified atom stereocenters. The fourth-order valence-electron chi connectivity index (χ4n) is 4.24. The van der Waals surface area contributed by atoms with Crippen molar-refractivity contribution in [1.82, 2.24) is 10.2 Å². The zero-order valence-electron chi connectivity index (χ0n) is 16.9. The van der Waals surface area contributed by atoms with Crippen molar-refractivity contribution in [2.45, 2.75) is 51.9 Å². The molecule has 2 saturated heterocycles. The van der Waals surface area contributed by atoms with Gasteiger partial charge in [-0.25, -0.2) is 0 Å². The van der Waals surface area contributed by atoms with Gasteiger partial charge in [0.15, 0.2) is 0 Å². The number of piperidine rings is 1. The van der Waals surface area contributed by atoms with Gasteiger partial charge in [-0.1, -0.05) is 19.8 Å². The molecule has 0 aromatic heterocycles. The maximum atomic E-state index is 12.6. The van der Waals surface area contributed by atoms with Crippen molar-refractivity contribution in [2.24, 2.45) is 11.8 Å². The molecular formula is C22H34ClN3O2. The number of likely N-dealkylation sites (tertiary alicyclic amines) is 1. The Morgan fingerprint density at radius 2 is 1.68 bits per heavy atom. The van der Waals surface area contributed by atoms with E-state index in [1.807, 2.05) is 29.2 Å². The molecular weight excluding hydrogens is 374 g/mol. The van der Waals surface area contributed by atoms with Gasteiger partial charge in [-0.3, -0.25) is 9.59 Å². The van der Waals surface area contributed by atoms with Gasteiger partial charge in [-0.05, 0) is 74.9 Å². The van der Waals surface area contributed by atoms with E-state index in [-0.39, 0.29) is 24.2 Å². The molecule has 0 bridgehead atoms. The third-order valence-corrected chi connectivity index (χ3v) is 6.00. The minimum Gasteiger partial charge on any atom is -0.339 e. The highest BCUT2D eigenvalue weighted by Crippen LogP contribution is 2.25. The molecule has 0 saturated carbocycles. The van der Waals surface area contributed by atoms with Crippen LogP contribution in [0.4, 0.5) is 5.69 Å². The molecule has 0 radical (unpaired) electrons. The minimum absolute atomic E-state index is 0. The Kier molecular flexibility index (Phi) is 9.26. The summed E-state index contributed by atoms with van der Waals surface area (Å²) in [5.74, 6) is 1.20. The number of rotatable bonds is 5. The summed E-state index contributed by atoms with van der Waals surface area (Å²) in [6.45, 7) is 6.00. The first-order valence-corrected chi connectivity index (χ1v) is 10.5. The van der Waals surface area contributed by atoms with E-state index in [0.717, 1.165) is 57.5 Å². The van der Waals surface area contributed by atoms with E-state index >= 15 is 0 Å². The maximum absolute atomic E-state index is 12.6. The summed E-state index contributed by atoms with van der Waals surface area (Å²) in [7, 11) is 0. The van der Waals surface area contributed by atoms with Crippen molar-refractivity contribution in [3.8, 4) is 0 Å². The fourth-order valence-corrected chi connectivity index (χ4v) is 4.24. The largest absolute Gasteiger partial charge is 0.339 e. The van der Waals surface area contributed by atoms with E-state index in [1.165, 1.54) is 12.8 Å². The molecule has 3 rings (SSSR count). The molecule has 1 atom stereocenters. The van der Waals surface area contributed by atoms with Crippen LogP contribution in [-0.4, -0.2) is 42.9 Å². The average molecular weight is 408 g/mol. The normalized spacial score (nSPS) is 19.2. The van der Waals surface area contributed by atoms with Crippen LogP contribution in [0.2, 0.25) is 0 Å². The summed E-state index contributed by atoms with van der Waals surface area (Å²) in [6, 6.07) is 7.36. The molecule has 1 aromatic carbocycles. The summed E-state index contributed by atoms with van der Waals surface area (Å²) < 4.78 is 0. The van der Waals surface area contributed by atoms with Gasteiger partial charge in [0, 0.05) is 30.8 Å². The zero-order valence-corrected chi connectivity index (χ0v) is 17.7. The molecule has 28 heavy (non-hydrogen) atoms. The topological polar surface area (TPSA) is 61.4 Å². The van der Waals surface area contributed by atoms with Crippen LogP contribution >= 0.6 is 12.4 Å². The van der Waals surface area contributed by atoms with Crippen LogP contribution in [0, 0.1) is 11.8 Å². The summed E-state index contributed by atoms with van der Waals surface area (Å²) in [5, 5.41) is 6.36. The Bertz CT molecular complexity index is 621. The zero-order chi connectivity index (χ0) is 19.1. The first kappa shape index (κ1) is 22.7. The van der Waals surface area contributed by atoms with Gasteiger partial charge < -0.3 is 15.5 Å². The first-order chi connectivity index (χ1) is 13.1. The van der Waals surface area contributed by atoms with Gasteiger partial charge in [-0.15, -0.1) is 12.4 Å². The van der Waals surface area contributed by atoms with Crippen LogP contribution in [0.1, 0.15) is 62.2 Å². The highest BCUT2D eigenvalue weighted by molar-refractivity contribution is 5.95. The third kappa shape index (κ3) is 6.49. The molecule has 2 N–H and O–H groups in total. The number of halogens is 1. The van der Waals surface area contributed by atoms with Crippen LogP contribution < -0.4 is 10.6 Å². The number of carbonyl (C=O) groups is 2. The lowest BCUT2D eigenvalue weighted by molar-refractivity contribution is -0.117. The van der Waals surface area contributed by atoms with Gasteiger partial charge in [-0.2, -0.15) is 0 Å². The Morgan fingerprint density at radius 1 is 1.07 bits per heavy atom. The van der Waals surface area contributed by atoms with Gasteiger partial charge in [0.1, 0.15) is 0 Å². The van der Waals surface area contributed by atoms with E-state index in [4.69, 9.17) is 0 Å². The molecule has 0 aliphatic carbocycles. The van der Waals surface area contributed by atoms with Crippen LogP contribution in [0.25, 0.3) is 0 Å². The average Bonchev–Trinajstić information content (AvgIpc) is 2.98. The van der Waals surface area contributed by atoms with Crippen molar-refractivity contribution in [3.63, 3.8) is 0 Å². The smallest absolute Gasteiger partial charge is 0.253 e. The Labute approximate surface area is 175 Å². The summed E-state index contributed by atoms with van der Waals surface area (Å²) in [5.41, 5.74) is 1.47. The number of nitrogens with zero attached hydrogens (tertiary/aromatic N) is 1. The number of nitrogens with one attached hydrogen (secondary N) is 2. The number of hydrogen-bond donors (Lipinski definition) is 2. The predicted molar refractivity (Wildman–Crippen MR) is 116 cm³/mol. The molecule has 1 aromatic rings. The minimum atomic E-state index is 0. The highest BCUT2D eigenvalue weighted by Gasteiger charge is 2.22. The predicted octanol–water partition coefficient (Wildman–Crippen LogP) is 4.09. The highest BCUT2D eigenvalue weighted by atomic mass is 35.5. The van der Waals surface area contributed by atoms with Gasteiger partial charge in [0.25, 0.3) is 5.91 Å². The maximum Gasteiger partial charge on any atom is 0.253 e. The SMILES string of the molecule is CC(CC(=O)Nc1ccc(C(=O)N2CCCCCC2)cc1)C1CCNCC1.Cl. The van der Waals surface area contributed by atoms with Crippen LogP contribution in [0.15, 0.2) is 24.3 Å². The summed E-state index contributed by atoms with van der Waals surface area (Å²) in [6.07, 6.45) is 7.47. The van der Waals surface area contributed by atoms with Crippen LogP contribution in [-0.2, 0) is 4.79 Å². The van der Waals surface area contributed by atoms with Gasteiger partial charge in [0.2, 0.25) is 5.91 Å². The quantitative estimate of drug-likeness (QED) is 0.772. The lowest BCUT2D eigenvalue weighted by atomic mass is 9.84. The Balaban J connectivity index is 0.00000280. The second-order valence-corrected chi connectivity index (χ2v) is 8.10. The second kappa shape index (κ2) is 11.4. The molecule has 6 heteroatoms. The van der Waals surface area contributed by atoms with Crippen molar-refractivity contribution in [2.75, 3.05) is 31.5 Å². The number of benzene rings is 1.